The molecule has 1 heterocycles. The number of nitrogens with zero attached hydrogens (tertiary/aromatic N) is 2. The number of rotatable bonds is 4. The zero-order valence-electron chi connectivity index (χ0n) is 14.9. The van der Waals surface area contributed by atoms with Crippen molar-refractivity contribution in [2.24, 2.45) is 5.92 Å². The van der Waals surface area contributed by atoms with Crippen molar-refractivity contribution < 1.29 is 13.2 Å². The topological polar surface area (TPSA) is 69.7 Å². The van der Waals surface area contributed by atoms with E-state index < -0.39 is 10.2 Å². The fourth-order valence-electron chi connectivity index (χ4n) is 3.79. The third-order valence-corrected chi connectivity index (χ3v) is 7.14. The van der Waals surface area contributed by atoms with Crippen molar-refractivity contribution in [1.82, 2.24) is 13.9 Å². The maximum absolute atomic E-state index is 12.8. The van der Waals surface area contributed by atoms with Gasteiger partial charge in [-0.2, -0.15) is 17.0 Å². The lowest BCUT2D eigenvalue weighted by atomic mass is 9.87. The molecule has 138 valence electrons. The van der Waals surface area contributed by atoms with Gasteiger partial charge in [0, 0.05) is 27.2 Å². The second kappa shape index (κ2) is 7.43. The molecule has 0 aromatic heterocycles. The van der Waals surface area contributed by atoms with Crippen LogP contribution >= 0.6 is 0 Å². The molecular formula is C18H27N3O3S. The number of amides is 1. The predicted octanol–water partition coefficient (Wildman–Crippen LogP) is 1.70. The van der Waals surface area contributed by atoms with Gasteiger partial charge in [0.15, 0.2) is 0 Å². The molecule has 2 aliphatic rings. The highest BCUT2D eigenvalue weighted by atomic mass is 32.2. The van der Waals surface area contributed by atoms with Crippen molar-refractivity contribution in [1.29, 1.82) is 0 Å². The van der Waals surface area contributed by atoms with Gasteiger partial charge in [-0.05, 0) is 43.2 Å². The van der Waals surface area contributed by atoms with Crippen molar-refractivity contribution >= 4 is 16.1 Å². The number of aryl methyl sites for hydroxylation is 1. The fraction of sp³-hybridized carbons (Fsp3) is 0.611. The summed E-state index contributed by atoms with van der Waals surface area (Å²) in [4.78, 5) is 12.8. The molecule has 1 amide bonds. The number of carbonyl (C=O) groups excluding carboxylic acids is 1. The van der Waals surface area contributed by atoms with Crippen LogP contribution in [0, 0.1) is 5.92 Å². The standard InChI is InChI=1S/C18H27N3O3S/c1-20(2)25(23,24)21-12-6-9-15(13-21)18(22)19-17-11-5-8-14-7-3-4-10-16(14)17/h3-4,7,10,15,17H,5-6,8-9,11-13H2,1-2H3,(H,19,22)/t15-,17+/m1/s1. The van der Waals surface area contributed by atoms with Crippen molar-refractivity contribution in [3.63, 3.8) is 0 Å². The second-order valence-electron chi connectivity index (χ2n) is 7.14. The summed E-state index contributed by atoms with van der Waals surface area (Å²) in [6.45, 7) is 0.747. The largest absolute Gasteiger partial charge is 0.349 e. The Morgan fingerprint density at radius 1 is 1.20 bits per heavy atom. The first-order chi connectivity index (χ1) is 11.9. The lowest BCUT2D eigenvalue weighted by molar-refractivity contribution is -0.127. The Balaban J connectivity index is 1.68. The number of carbonyl (C=O) groups is 1. The molecule has 1 saturated heterocycles. The van der Waals surface area contributed by atoms with E-state index in [1.165, 1.54) is 33.8 Å². The molecular weight excluding hydrogens is 338 g/mol. The number of fused-ring (bicyclic) bond motifs is 1. The van der Waals surface area contributed by atoms with Crippen molar-refractivity contribution in [2.75, 3.05) is 27.2 Å². The van der Waals surface area contributed by atoms with Gasteiger partial charge in [0.1, 0.15) is 0 Å². The van der Waals surface area contributed by atoms with Gasteiger partial charge in [0.05, 0.1) is 12.0 Å². The molecule has 1 aromatic rings. The molecule has 6 nitrogen and oxygen atoms in total. The highest BCUT2D eigenvalue weighted by Gasteiger charge is 2.34. The van der Waals surface area contributed by atoms with Crippen molar-refractivity contribution in [3.05, 3.63) is 35.4 Å². The van der Waals surface area contributed by atoms with Gasteiger partial charge in [0.2, 0.25) is 5.91 Å². The van der Waals surface area contributed by atoms with Gasteiger partial charge in [-0.15, -0.1) is 0 Å². The summed E-state index contributed by atoms with van der Waals surface area (Å²) in [7, 11) is -0.410. The monoisotopic (exact) mass is 365 g/mol. The Morgan fingerprint density at radius 3 is 2.72 bits per heavy atom. The van der Waals surface area contributed by atoms with Crippen LogP contribution in [0.15, 0.2) is 24.3 Å². The maximum Gasteiger partial charge on any atom is 0.281 e. The quantitative estimate of drug-likeness (QED) is 0.883. The first-order valence-corrected chi connectivity index (χ1v) is 10.3. The van der Waals surface area contributed by atoms with Crippen LogP contribution < -0.4 is 5.32 Å². The Hall–Kier alpha value is -1.44. The van der Waals surface area contributed by atoms with Crippen LogP contribution in [0.5, 0.6) is 0 Å². The van der Waals surface area contributed by atoms with E-state index in [0.717, 1.165) is 25.7 Å². The minimum absolute atomic E-state index is 0.0274. The lowest BCUT2D eigenvalue weighted by Crippen LogP contribution is -2.49. The van der Waals surface area contributed by atoms with E-state index in [1.807, 2.05) is 12.1 Å². The maximum atomic E-state index is 12.8. The van der Waals surface area contributed by atoms with E-state index in [0.29, 0.717) is 13.0 Å². The molecule has 7 heteroatoms. The molecule has 0 bridgehead atoms. The van der Waals surface area contributed by atoms with Gasteiger partial charge in [-0.1, -0.05) is 24.3 Å². The predicted molar refractivity (Wildman–Crippen MR) is 97.2 cm³/mol. The van der Waals surface area contributed by atoms with E-state index in [-0.39, 0.29) is 24.4 Å². The van der Waals surface area contributed by atoms with Gasteiger partial charge < -0.3 is 5.32 Å². The molecule has 3 rings (SSSR count). The van der Waals surface area contributed by atoms with Gasteiger partial charge in [0.25, 0.3) is 10.2 Å². The third-order valence-electron chi connectivity index (χ3n) is 5.23. The molecule has 0 saturated carbocycles. The summed E-state index contributed by atoms with van der Waals surface area (Å²) < 4.78 is 27.3. The van der Waals surface area contributed by atoms with E-state index in [4.69, 9.17) is 0 Å². The van der Waals surface area contributed by atoms with Gasteiger partial charge in [-0.3, -0.25) is 4.79 Å². The smallest absolute Gasteiger partial charge is 0.281 e. The number of piperidine rings is 1. The molecule has 0 unspecified atom stereocenters. The summed E-state index contributed by atoms with van der Waals surface area (Å²) in [5, 5.41) is 3.17. The Kier molecular flexibility index (Phi) is 5.46. The SMILES string of the molecule is CN(C)S(=O)(=O)N1CCC[C@@H](C(=O)N[C@H]2CCCc3ccccc32)C1. The summed E-state index contributed by atoms with van der Waals surface area (Å²) in [6.07, 6.45) is 4.51. The fourth-order valence-corrected chi connectivity index (χ4v) is 4.98. The highest BCUT2D eigenvalue weighted by Crippen LogP contribution is 2.30. The molecule has 2 atom stereocenters. The zero-order chi connectivity index (χ0) is 18.0. The summed E-state index contributed by atoms with van der Waals surface area (Å²) >= 11 is 0. The molecule has 0 spiro atoms. The van der Waals surface area contributed by atoms with Gasteiger partial charge in [-0.25, -0.2) is 0 Å². The van der Waals surface area contributed by atoms with Crippen LogP contribution in [0.1, 0.15) is 42.9 Å². The summed E-state index contributed by atoms with van der Waals surface area (Å²) in [5.74, 6) is -0.307. The van der Waals surface area contributed by atoms with Crippen LogP contribution in [0.2, 0.25) is 0 Å². The Bertz CT molecular complexity index is 733. The Labute approximate surface area is 150 Å². The molecule has 1 aliphatic heterocycles. The van der Waals surface area contributed by atoms with Crippen molar-refractivity contribution in [3.8, 4) is 0 Å². The molecule has 25 heavy (non-hydrogen) atoms. The molecule has 1 fully saturated rings. The number of hydrogen-bond acceptors (Lipinski definition) is 3. The van der Waals surface area contributed by atoms with E-state index in [2.05, 4.69) is 17.4 Å². The minimum atomic E-state index is -3.46. The van der Waals surface area contributed by atoms with Crippen molar-refractivity contribution in [2.45, 2.75) is 38.1 Å². The first kappa shape index (κ1) is 18.4. The number of nitrogens with one attached hydrogen (secondary N) is 1. The van der Waals surface area contributed by atoms with Crippen LogP contribution in [-0.2, 0) is 21.4 Å². The van der Waals surface area contributed by atoms with E-state index in [9.17, 15) is 13.2 Å². The zero-order valence-corrected chi connectivity index (χ0v) is 15.8. The molecule has 0 radical (unpaired) electrons. The van der Waals surface area contributed by atoms with Crippen LogP contribution in [0.4, 0.5) is 0 Å². The van der Waals surface area contributed by atoms with Crippen LogP contribution in [0.25, 0.3) is 0 Å². The summed E-state index contributed by atoms with van der Waals surface area (Å²) in [6, 6.07) is 8.30. The average molecular weight is 365 g/mol. The van der Waals surface area contributed by atoms with Crippen LogP contribution in [0.3, 0.4) is 0 Å². The van der Waals surface area contributed by atoms with E-state index in [1.54, 1.807) is 0 Å². The Morgan fingerprint density at radius 2 is 1.96 bits per heavy atom. The molecule has 1 N–H and O–H groups in total. The van der Waals surface area contributed by atoms with E-state index >= 15 is 0 Å². The lowest BCUT2D eigenvalue weighted by Gasteiger charge is -2.34. The minimum Gasteiger partial charge on any atom is -0.349 e. The normalized spacial score (nSPS) is 24.8. The third kappa shape index (κ3) is 3.88. The second-order valence-corrected chi connectivity index (χ2v) is 9.28. The first-order valence-electron chi connectivity index (χ1n) is 8.95. The molecule has 1 aromatic carbocycles. The summed E-state index contributed by atoms with van der Waals surface area (Å²) in [5.41, 5.74) is 2.51. The highest BCUT2D eigenvalue weighted by molar-refractivity contribution is 7.86. The number of hydrogen-bond donors (Lipinski definition) is 1. The number of benzene rings is 1. The molecule has 1 aliphatic carbocycles. The van der Waals surface area contributed by atoms with Gasteiger partial charge >= 0.3 is 0 Å². The van der Waals surface area contributed by atoms with Crippen LogP contribution in [-0.4, -0.2) is 50.1 Å². The average Bonchev–Trinajstić information content (AvgIpc) is 2.62.